The number of fused-ring (bicyclic) bond motifs is 1. The Kier molecular flexibility index (Phi) is 4.43. The summed E-state index contributed by atoms with van der Waals surface area (Å²) in [5, 5.41) is 6.29. The van der Waals surface area contributed by atoms with E-state index in [1.54, 1.807) is 17.4 Å². The summed E-state index contributed by atoms with van der Waals surface area (Å²) in [5.74, 6) is 0.863. The molecule has 2 heterocycles. The Morgan fingerprint density at radius 2 is 2.17 bits per heavy atom. The van der Waals surface area contributed by atoms with Crippen molar-refractivity contribution in [2.45, 2.75) is 33.3 Å². The predicted molar refractivity (Wildman–Crippen MR) is 92.2 cm³/mol. The zero-order valence-corrected chi connectivity index (χ0v) is 14.1. The van der Waals surface area contributed by atoms with Crippen molar-refractivity contribution < 1.29 is 9.13 Å². The van der Waals surface area contributed by atoms with Gasteiger partial charge in [0.2, 0.25) is 0 Å². The molecule has 0 aliphatic carbocycles. The Morgan fingerprint density at radius 3 is 2.96 bits per heavy atom. The smallest absolute Gasteiger partial charge is 0.146 e. The van der Waals surface area contributed by atoms with E-state index in [9.17, 15) is 4.39 Å². The van der Waals surface area contributed by atoms with E-state index in [1.165, 1.54) is 18.5 Å². The lowest BCUT2D eigenvalue weighted by atomic mass is 10.2. The third kappa shape index (κ3) is 3.27. The second-order valence-corrected chi connectivity index (χ2v) is 6.28. The highest BCUT2D eigenvalue weighted by Crippen LogP contribution is 2.34. The number of thiophene rings is 1. The van der Waals surface area contributed by atoms with Gasteiger partial charge in [-0.1, -0.05) is 6.92 Å². The summed E-state index contributed by atoms with van der Waals surface area (Å²) in [6.45, 7) is 6.01. The average Bonchev–Trinajstić information content (AvgIpc) is 2.92. The molecule has 2 aromatic heterocycles. The lowest BCUT2D eigenvalue weighted by molar-refractivity contribution is 0.218. The van der Waals surface area contributed by atoms with Crippen LogP contribution in [0.15, 0.2) is 29.9 Å². The normalized spacial score (nSPS) is 12.3. The van der Waals surface area contributed by atoms with Gasteiger partial charge in [0.25, 0.3) is 0 Å². The number of hydrogen-bond donors (Lipinski definition) is 1. The van der Waals surface area contributed by atoms with Crippen LogP contribution in [0.5, 0.6) is 5.75 Å². The Labute approximate surface area is 138 Å². The van der Waals surface area contributed by atoms with E-state index in [4.69, 9.17) is 4.74 Å². The number of benzene rings is 1. The van der Waals surface area contributed by atoms with E-state index >= 15 is 0 Å². The van der Waals surface area contributed by atoms with Gasteiger partial charge in [0, 0.05) is 6.07 Å². The molecule has 0 saturated carbocycles. The molecule has 0 unspecified atom stereocenters. The highest BCUT2D eigenvalue weighted by atomic mass is 32.1. The first kappa shape index (κ1) is 15.7. The molecule has 0 fully saturated rings. The molecule has 6 heteroatoms. The SMILES string of the molecule is CC[C@H](C)Oc1cc(F)ccc1Nc1ncnc2scc(C)c12. The van der Waals surface area contributed by atoms with Crippen LogP contribution in [0.1, 0.15) is 25.8 Å². The zero-order valence-electron chi connectivity index (χ0n) is 13.3. The number of aryl methyl sites for hydroxylation is 1. The van der Waals surface area contributed by atoms with Crippen LogP contribution < -0.4 is 10.1 Å². The summed E-state index contributed by atoms with van der Waals surface area (Å²) in [7, 11) is 0. The van der Waals surface area contributed by atoms with Gasteiger partial charge in [0.05, 0.1) is 17.2 Å². The highest BCUT2D eigenvalue weighted by Gasteiger charge is 2.13. The number of rotatable bonds is 5. The lowest BCUT2D eigenvalue weighted by Gasteiger charge is -2.17. The van der Waals surface area contributed by atoms with E-state index in [2.05, 4.69) is 15.3 Å². The van der Waals surface area contributed by atoms with Gasteiger partial charge in [-0.05, 0) is 43.3 Å². The lowest BCUT2D eigenvalue weighted by Crippen LogP contribution is -2.11. The van der Waals surface area contributed by atoms with Crippen molar-refractivity contribution in [3.05, 3.63) is 41.3 Å². The molecule has 1 aromatic carbocycles. The number of nitrogens with one attached hydrogen (secondary N) is 1. The van der Waals surface area contributed by atoms with Crippen LogP contribution in [0.3, 0.4) is 0 Å². The molecular weight excluding hydrogens is 313 g/mol. The van der Waals surface area contributed by atoms with Crippen LogP contribution >= 0.6 is 11.3 Å². The van der Waals surface area contributed by atoms with Crippen molar-refractivity contribution in [2.75, 3.05) is 5.32 Å². The molecule has 0 bridgehead atoms. The molecule has 23 heavy (non-hydrogen) atoms. The van der Waals surface area contributed by atoms with Crippen LogP contribution in [0.25, 0.3) is 10.2 Å². The van der Waals surface area contributed by atoms with Crippen molar-refractivity contribution in [2.24, 2.45) is 0 Å². The fraction of sp³-hybridized carbons (Fsp3) is 0.294. The minimum absolute atomic E-state index is 0.00523. The first-order valence-corrected chi connectivity index (χ1v) is 8.38. The van der Waals surface area contributed by atoms with Gasteiger partial charge in [-0.3, -0.25) is 0 Å². The molecule has 3 rings (SSSR count). The number of halogens is 1. The summed E-state index contributed by atoms with van der Waals surface area (Å²) in [6, 6.07) is 4.47. The molecule has 3 aromatic rings. The van der Waals surface area contributed by atoms with Crippen LogP contribution in [-0.4, -0.2) is 16.1 Å². The minimum Gasteiger partial charge on any atom is -0.488 e. The van der Waals surface area contributed by atoms with Crippen LogP contribution in [0.4, 0.5) is 15.9 Å². The molecule has 1 N–H and O–H groups in total. The van der Waals surface area contributed by atoms with E-state index < -0.39 is 0 Å². The molecule has 0 saturated heterocycles. The van der Waals surface area contributed by atoms with E-state index in [1.807, 2.05) is 26.2 Å². The van der Waals surface area contributed by atoms with Gasteiger partial charge in [-0.15, -0.1) is 11.3 Å². The second-order valence-electron chi connectivity index (χ2n) is 5.42. The maximum absolute atomic E-state index is 13.6. The predicted octanol–water partition coefficient (Wildman–Crippen LogP) is 5.06. The second kappa shape index (κ2) is 6.50. The number of anilines is 2. The monoisotopic (exact) mass is 331 g/mol. The van der Waals surface area contributed by atoms with Gasteiger partial charge < -0.3 is 10.1 Å². The fourth-order valence-electron chi connectivity index (χ4n) is 2.24. The van der Waals surface area contributed by atoms with E-state index in [0.717, 1.165) is 22.2 Å². The third-order valence-electron chi connectivity index (χ3n) is 3.65. The van der Waals surface area contributed by atoms with Crippen molar-refractivity contribution in [1.29, 1.82) is 0 Å². The Morgan fingerprint density at radius 1 is 1.35 bits per heavy atom. The summed E-state index contributed by atoms with van der Waals surface area (Å²) in [6.07, 6.45) is 2.38. The zero-order chi connectivity index (χ0) is 16.4. The van der Waals surface area contributed by atoms with Crippen LogP contribution in [0, 0.1) is 12.7 Å². The molecule has 4 nitrogen and oxygen atoms in total. The van der Waals surface area contributed by atoms with Crippen molar-refractivity contribution in [3.8, 4) is 5.75 Å². The Hall–Kier alpha value is -2.21. The molecule has 120 valence electrons. The van der Waals surface area contributed by atoms with Crippen LogP contribution in [-0.2, 0) is 0 Å². The summed E-state index contributed by atoms with van der Waals surface area (Å²) in [4.78, 5) is 9.53. The van der Waals surface area contributed by atoms with Gasteiger partial charge in [0.15, 0.2) is 0 Å². The number of aromatic nitrogens is 2. The molecule has 0 aliphatic rings. The van der Waals surface area contributed by atoms with E-state index in [-0.39, 0.29) is 11.9 Å². The minimum atomic E-state index is -0.326. The summed E-state index contributed by atoms with van der Waals surface area (Å²) < 4.78 is 19.4. The number of ether oxygens (including phenoxy) is 1. The largest absolute Gasteiger partial charge is 0.488 e. The topological polar surface area (TPSA) is 47.0 Å². The third-order valence-corrected chi connectivity index (χ3v) is 4.66. The van der Waals surface area contributed by atoms with E-state index in [0.29, 0.717) is 17.3 Å². The molecule has 0 amide bonds. The maximum atomic E-state index is 13.6. The Balaban J connectivity index is 2.00. The average molecular weight is 331 g/mol. The highest BCUT2D eigenvalue weighted by molar-refractivity contribution is 7.17. The van der Waals surface area contributed by atoms with Crippen molar-refractivity contribution >= 4 is 33.1 Å². The molecule has 0 spiro atoms. The molecule has 0 aliphatic heterocycles. The summed E-state index contributed by atoms with van der Waals surface area (Å²) in [5.41, 5.74) is 1.80. The fourth-order valence-corrected chi connectivity index (χ4v) is 3.13. The van der Waals surface area contributed by atoms with Crippen LogP contribution in [0.2, 0.25) is 0 Å². The molecular formula is C17H18FN3OS. The van der Waals surface area contributed by atoms with Gasteiger partial charge in [-0.2, -0.15) is 0 Å². The number of hydrogen-bond acceptors (Lipinski definition) is 5. The Bertz CT molecular complexity index is 834. The quantitative estimate of drug-likeness (QED) is 0.710. The van der Waals surface area contributed by atoms with Crippen molar-refractivity contribution in [1.82, 2.24) is 9.97 Å². The van der Waals surface area contributed by atoms with Crippen molar-refractivity contribution in [3.63, 3.8) is 0 Å². The molecule has 0 radical (unpaired) electrons. The van der Waals surface area contributed by atoms with Gasteiger partial charge in [0.1, 0.15) is 28.5 Å². The molecule has 1 atom stereocenters. The summed E-state index contributed by atoms with van der Waals surface area (Å²) >= 11 is 1.58. The first-order valence-electron chi connectivity index (χ1n) is 7.50. The first-order chi connectivity index (χ1) is 11.1. The van der Waals surface area contributed by atoms with Gasteiger partial charge in [-0.25, -0.2) is 14.4 Å². The van der Waals surface area contributed by atoms with Gasteiger partial charge >= 0.3 is 0 Å². The maximum Gasteiger partial charge on any atom is 0.146 e. The number of nitrogens with zero attached hydrogens (tertiary/aromatic N) is 2. The standard InChI is InChI=1S/C17H18FN3OS/c1-4-11(3)22-14-7-12(18)5-6-13(14)21-16-15-10(2)8-23-17(15)20-9-19-16/h5-9,11H,4H2,1-3H3,(H,19,20,21)/t11-/m0/s1.